The van der Waals surface area contributed by atoms with Crippen molar-refractivity contribution in [3.63, 3.8) is 0 Å². The number of carbonyl (C=O) groups is 2. The van der Waals surface area contributed by atoms with Crippen LogP contribution in [0.15, 0.2) is 30.3 Å². The minimum Gasteiger partial charge on any atom is -0.465 e. The molecule has 1 aromatic rings. The predicted octanol–water partition coefficient (Wildman–Crippen LogP) is 2.42. The first-order chi connectivity index (χ1) is 9.54. The largest absolute Gasteiger partial charge is 0.465 e. The number of rotatable bonds is 7. The maximum Gasteiger partial charge on any atom is 0.325 e. The van der Waals surface area contributed by atoms with Crippen molar-refractivity contribution in [2.75, 3.05) is 13.2 Å². The van der Waals surface area contributed by atoms with Crippen molar-refractivity contribution in [2.45, 2.75) is 39.7 Å². The number of carbonyl (C=O) groups excluding carboxylic acids is 2. The Labute approximate surface area is 120 Å². The van der Waals surface area contributed by atoms with Gasteiger partial charge in [-0.1, -0.05) is 30.3 Å². The number of esters is 1. The summed E-state index contributed by atoms with van der Waals surface area (Å²) in [4.78, 5) is 25.3. The number of hydrogen-bond acceptors (Lipinski definition) is 3. The summed E-state index contributed by atoms with van der Waals surface area (Å²) in [5.41, 5.74) is 1.13. The fraction of sp³-hybridized carbons (Fsp3) is 0.500. The van der Waals surface area contributed by atoms with Crippen LogP contribution in [0.1, 0.15) is 32.8 Å². The first-order valence-electron chi connectivity index (χ1n) is 7.03. The van der Waals surface area contributed by atoms with Crippen molar-refractivity contribution in [3.8, 4) is 0 Å². The van der Waals surface area contributed by atoms with Crippen LogP contribution >= 0.6 is 0 Å². The van der Waals surface area contributed by atoms with Crippen LogP contribution in [-0.4, -0.2) is 36.0 Å². The first kappa shape index (κ1) is 16.2. The molecule has 0 bridgehead atoms. The van der Waals surface area contributed by atoms with Gasteiger partial charge in [0.2, 0.25) is 5.91 Å². The molecule has 0 aliphatic heterocycles. The van der Waals surface area contributed by atoms with E-state index in [1.165, 1.54) is 0 Å². The molecule has 0 saturated heterocycles. The van der Waals surface area contributed by atoms with E-state index in [-0.39, 0.29) is 24.5 Å². The molecule has 1 rings (SSSR count). The molecule has 0 aliphatic rings. The highest BCUT2D eigenvalue weighted by atomic mass is 16.5. The lowest BCUT2D eigenvalue weighted by Crippen LogP contribution is -2.41. The predicted molar refractivity (Wildman–Crippen MR) is 78.2 cm³/mol. The zero-order valence-corrected chi connectivity index (χ0v) is 12.5. The van der Waals surface area contributed by atoms with E-state index in [0.29, 0.717) is 19.4 Å². The molecular weight excluding hydrogens is 254 g/mol. The van der Waals surface area contributed by atoms with Crippen LogP contribution < -0.4 is 0 Å². The summed E-state index contributed by atoms with van der Waals surface area (Å²) < 4.78 is 4.90. The van der Waals surface area contributed by atoms with E-state index in [0.717, 1.165) is 5.56 Å². The second kappa shape index (κ2) is 8.35. The van der Waals surface area contributed by atoms with Crippen LogP contribution in [0.4, 0.5) is 0 Å². The minimum atomic E-state index is -0.353. The van der Waals surface area contributed by atoms with Crippen LogP contribution in [0.2, 0.25) is 0 Å². The summed E-state index contributed by atoms with van der Waals surface area (Å²) >= 11 is 0. The molecule has 0 N–H and O–H groups in total. The van der Waals surface area contributed by atoms with Crippen molar-refractivity contribution in [2.24, 2.45) is 0 Å². The lowest BCUT2D eigenvalue weighted by Gasteiger charge is -2.25. The average molecular weight is 277 g/mol. The molecule has 1 aromatic carbocycles. The molecule has 0 unspecified atom stereocenters. The Morgan fingerprint density at radius 2 is 1.85 bits per heavy atom. The monoisotopic (exact) mass is 277 g/mol. The minimum absolute atomic E-state index is 0.0114. The summed E-state index contributed by atoms with van der Waals surface area (Å²) in [6.45, 7) is 5.93. The van der Waals surface area contributed by atoms with E-state index in [2.05, 4.69) is 0 Å². The Morgan fingerprint density at radius 1 is 1.20 bits per heavy atom. The van der Waals surface area contributed by atoms with E-state index in [1.807, 2.05) is 44.2 Å². The standard InChI is InChI=1S/C16H23NO3/c1-4-20-16(19)12-17(13(2)3)15(18)11-10-14-8-6-5-7-9-14/h5-9,13H,4,10-12H2,1-3H3. The molecule has 0 aliphatic carbocycles. The molecule has 0 heterocycles. The Hall–Kier alpha value is -1.84. The number of nitrogens with zero attached hydrogens (tertiary/aromatic N) is 1. The number of ether oxygens (including phenoxy) is 1. The molecular formula is C16H23NO3. The molecule has 20 heavy (non-hydrogen) atoms. The molecule has 0 fully saturated rings. The van der Waals surface area contributed by atoms with Crippen molar-refractivity contribution < 1.29 is 14.3 Å². The summed E-state index contributed by atoms with van der Waals surface area (Å²) in [6, 6.07) is 9.85. The summed E-state index contributed by atoms with van der Waals surface area (Å²) in [5, 5.41) is 0. The third-order valence-electron chi connectivity index (χ3n) is 3.02. The Morgan fingerprint density at radius 3 is 2.40 bits per heavy atom. The quantitative estimate of drug-likeness (QED) is 0.719. The molecule has 0 saturated carbocycles. The Kier molecular flexibility index (Phi) is 6.77. The van der Waals surface area contributed by atoms with E-state index < -0.39 is 0 Å². The number of hydrogen-bond donors (Lipinski definition) is 0. The second-order valence-corrected chi connectivity index (χ2v) is 4.91. The second-order valence-electron chi connectivity index (χ2n) is 4.91. The number of aryl methyl sites for hydroxylation is 1. The van der Waals surface area contributed by atoms with E-state index >= 15 is 0 Å². The molecule has 4 heteroatoms. The van der Waals surface area contributed by atoms with Gasteiger partial charge in [-0.2, -0.15) is 0 Å². The van der Waals surface area contributed by atoms with Gasteiger partial charge in [0.15, 0.2) is 0 Å². The molecule has 1 amide bonds. The highest BCUT2D eigenvalue weighted by Crippen LogP contribution is 2.07. The first-order valence-corrected chi connectivity index (χ1v) is 7.03. The normalized spacial score (nSPS) is 10.4. The molecule has 0 atom stereocenters. The summed E-state index contributed by atoms with van der Waals surface area (Å²) in [7, 11) is 0. The third kappa shape index (κ3) is 5.43. The third-order valence-corrected chi connectivity index (χ3v) is 3.02. The van der Waals surface area contributed by atoms with Gasteiger partial charge in [-0.25, -0.2) is 0 Å². The van der Waals surface area contributed by atoms with Gasteiger partial charge >= 0.3 is 5.97 Å². The molecule has 110 valence electrons. The maximum atomic E-state index is 12.2. The summed E-state index contributed by atoms with van der Waals surface area (Å²) in [6.07, 6.45) is 1.09. The molecule has 0 spiro atoms. The Bertz CT molecular complexity index is 429. The fourth-order valence-corrected chi connectivity index (χ4v) is 1.94. The number of benzene rings is 1. The van der Waals surface area contributed by atoms with Gasteiger partial charge in [-0.05, 0) is 32.8 Å². The van der Waals surface area contributed by atoms with Crippen LogP contribution in [0, 0.1) is 0 Å². The van der Waals surface area contributed by atoms with Crippen LogP contribution in [0.3, 0.4) is 0 Å². The average Bonchev–Trinajstić information content (AvgIpc) is 2.43. The van der Waals surface area contributed by atoms with Crippen LogP contribution in [0.25, 0.3) is 0 Å². The smallest absolute Gasteiger partial charge is 0.325 e. The highest BCUT2D eigenvalue weighted by Gasteiger charge is 2.20. The molecule has 0 aromatic heterocycles. The van der Waals surface area contributed by atoms with Crippen molar-refractivity contribution in [1.29, 1.82) is 0 Å². The van der Waals surface area contributed by atoms with Gasteiger partial charge in [-0.15, -0.1) is 0 Å². The van der Waals surface area contributed by atoms with Gasteiger partial charge < -0.3 is 9.64 Å². The lowest BCUT2D eigenvalue weighted by atomic mass is 10.1. The van der Waals surface area contributed by atoms with Gasteiger partial charge in [0.25, 0.3) is 0 Å². The van der Waals surface area contributed by atoms with E-state index in [1.54, 1.807) is 11.8 Å². The van der Waals surface area contributed by atoms with Crippen molar-refractivity contribution >= 4 is 11.9 Å². The topological polar surface area (TPSA) is 46.6 Å². The van der Waals surface area contributed by atoms with Crippen LogP contribution in [-0.2, 0) is 20.7 Å². The van der Waals surface area contributed by atoms with Crippen molar-refractivity contribution in [1.82, 2.24) is 4.90 Å². The van der Waals surface area contributed by atoms with Gasteiger partial charge in [-0.3, -0.25) is 9.59 Å². The van der Waals surface area contributed by atoms with Gasteiger partial charge in [0, 0.05) is 12.5 Å². The van der Waals surface area contributed by atoms with Crippen molar-refractivity contribution in [3.05, 3.63) is 35.9 Å². The lowest BCUT2D eigenvalue weighted by molar-refractivity contribution is -0.150. The highest BCUT2D eigenvalue weighted by molar-refractivity contribution is 5.82. The zero-order chi connectivity index (χ0) is 15.0. The Balaban J connectivity index is 2.54. The van der Waals surface area contributed by atoms with Crippen LogP contribution in [0.5, 0.6) is 0 Å². The SMILES string of the molecule is CCOC(=O)CN(C(=O)CCc1ccccc1)C(C)C. The zero-order valence-electron chi connectivity index (χ0n) is 12.5. The number of amides is 1. The van der Waals surface area contributed by atoms with Gasteiger partial charge in [0.1, 0.15) is 6.54 Å². The maximum absolute atomic E-state index is 12.2. The van der Waals surface area contributed by atoms with E-state index in [4.69, 9.17) is 4.74 Å². The van der Waals surface area contributed by atoms with E-state index in [9.17, 15) is 9.59 Å². The molecule has 0 radical (unpaired) electrons. The summed E-state index contributed by atoms with van der Waals surface area (Å²) in [5.74, 6) is -0.369. The fourth-order valence-electron chi connectivity index (χ4n) is 1.94. The van der Waals surface area contributed by atoms with Gasteiger partial charge in [0.05, 0.1) is 6.61 Å². The molecule has 4 nitrogen and oxygen atoms in total.